The molecule has 0 atom stereocenters. The van der Waals surface area contributed by atoms with Crippen LogP contribution in [0.5, 0.6) is 0 Å². The number of aromatic nitrogens is 1. The standard InChI is InChI=1S/C24H21N3OS/c1-16-15-25-20-7-3-2-6-19(20)24(16)26-18-12-10-17(11-13-18)14-23(28)27-21-8-4-5-9-22(21)29/h2-13,15,29H,14H2,1H3,(H,25,26)(H,27,28). The number of hydrogen-bond donors (Lipinski definition) is 3. The Morgan fingerprint density at radius 1 is 0.966 bits per heavy atom. The predicted molar refractivity (Wildman–Crippen MR) is 122 cm³/mol. The molecule has 0 saturated heterocycles. The lowest BCUT2D eigenvalue weighted by Gasteiger charge is -2.13. The van der Waals surface area contributed by atoms with Crippen LogP contribution >= 0.6 is 12.6 Å². The molecule has 4 nitrogen and oxygen atoms in total. The highest BCUT2D eigenvalue weighted by Gasteiger charge is 2.08. The second-order valence-electron chi connectivity index (χ2n) is 6.90. The minimum absolute atomic E-state index is 0.0665. The van der Waals surface area contributed by atoms with Gasteiger partial charge in [-0.15, -0.1) is 12.6 Å². The Kier molecular flexibility index (Phi) is 5.49. The number of aryl methyl sites for hydroxylation is 1. The van der Waals surface area contributed by atoms with E-state index >= 15 is 0 Å². The number of nitrogens with zero attached hydrogens (tertiary/aromatic N) is 1. The van der Waals surface area contributed by atoms with Crippen LogP contribution in [0.4, 0.5) is 17.1 Å². The SMILES string of the molecule is Cc1cnc2ccccc2c1Nc1ccc(CC(=O)Nc2ccccc2S)cc1. The highest BCUT2D eigenvalue weighted by molar-refractivity contribution is 7.80. The summed E-state index contributed by atoms with van der Waals surface area (Å²) in [7, 11) is 0. The van der Waals surface area contributed by atoms with E-state index in [1.807, 2.05) is 79.9 Å². The number of amides is 1. The van der Waals surface area contributed by atoms with Gasteiger partial charge in [-0.2, -0.15) is 0 Å². The van der Waals surface area contributed by atoms with Crippen LogP contribution in [-0.4, -0.2) is 10.9 Å². The van der Waals surface area contributed by atoms with Gasteiger partial charge in [-0.1, -0.05) is 42.5 Å². The van der Waals surface area contributed by atoms with E-state index in [-0.39, 0.29) is 5.91 Å². The largest absolute Gasteiger partial charge is 0.355 e. The summed E-state index contributed by atoms with van der Waals surface area (Å²) in [5.41, 5.74) is 5.72. The second kappa shape index (κ2) is 8.37. The molecule has 0 radical (unpaired) electrons. The molecule has 144 valence electrons. The number of thiol groups is 1. The molecule has 0 aliphatic carbocycles. The molecule has 1 aromatic heterocycles. The molecule has 0 bridgehead atoms. The van der Waals surface area contributed by atoms with Gasteiger partial charge in [0, 0.05) is 22.2 Å². The Morgan fingerprint density at radius 3 is 2.48 bits per heavy atom. The molecule has 3 aromatic carbocycles. The fourth-order valence-electron chi connectivity index (χ4n) is 3.22. The van der Waals surface area contributed by atoms with Crippen LogP contribution in [0.15, 0.2) is 83.9 Å². The number of benzene rings is 3. The Bertz CT molecular complexity index is 1170. The van der Waals surface area contributed by atoms with Gasteiger partial charge < -0.3 is 10.6 Å². The van der Waals surface area contributed by atoms with Gasteiger partial charge >= 0.3 is 0 Å². The van der Waals surface area contributed by atoms with E-state index in [4.69, 9.17) is 0 Å². The predicted octanol–water partition coefficient (Wildman–Crippen LogP) is 5.76. The lowest BCUT2D eigenvalue weighted by Crippen LogP contribution is -2.14. The quantitative estimate of drug-likeness (QED) is 0.374. The molecule has 2 N–H and O–H groups in total. The Balaban J connectivity index is 1.47. The first-order valence-electron chi connectivity index (χ1n) is 9.38. The minimum atomic E-state index is -0.0665. The number of para-hydroxylation sites is 2. The lowest BCUT2D eigenvalue weighted by molar-refractivity contribution is -0.115. The third-order valence-corrected chi connectivity index (χ3v) is 5.12. The maximum absolute atomic E-state index is 12.3. The third kappa shape index (κ3) is 4.41. The Labute approximate surface area is 175 Å². The van der Waals surface area contributed by atoms with Crippen molar-refractivity contribution in [1.82, 2.24) is 4.98 Å². The van der Waals surface area contributed by atoms with Gasteiger partial charge in [0.1, 0.15) is 0 Å². The summed E-state index contributed by atoms with van der Waals surface area (Å²) < 4.78 is 0. The summed E-state index contributed by atoms with van der Waals surface area (Å²) in [6.07, 6.45) is 2.18. The van der Waals surface area contributed by atoms with E-state index in [1.165, 1.54) is 0 Å². The first-order valence-corrected chi connectivity index (χ1v) is 9.83. The minimum Gasteiger partial charge on any atom is -0.355 e. The maximum atomic E-state index is 12.3. The summed E-state index contributed by atoms with van der Waals surface area (Å²) in [4.78, 5) is 17.6. The summed E-state index contributed by atoms with van der Waals surface area (Å²) in [6, 6.07) is 23.4. The number of fused-ring (bicyclic) bond motifs is 1. The average Bonchev–Trinajstić information content (AvgIpc) is 2.73. The number of pyridine rings is 1. The molecular formula is C24H21N3OS. The van der Waals surface area contributed by atoms with Crippen LogP contribution in [0.2, 0.25) is 0 Å². The van der Waals surface area contributed by atoms with Crippen molar-refractivity contribution in [1.29, 1.82) is 0 Å². The van der Waals surface area contributed by atoms with Gasteiger partial charge in [0.15, 0.2) is 0 Å². The smallest absolute Gasteiger partial charge is 0.228 e. The molecule has 29 heavy (non-hydrogen) atoms. The average molecular weight is 400 g/mol. The Morgan fingerprint density at radius 2 is 1.69 bits per heavy atom. The number of nitrogens with one attached hydrogen (secondary N) is 2. The first kappa shape index (κ1) is 19.0. The van der Waals surface area contributed by atoms with Crippen molar-refractivity contribution in [3.8, 4) is 0 Å². The molecule has 0 fully saturated rings. The maximum Gasteiger partial charge on any atom is 0.228 e. The zero-order valence-electron chi connectivity index (χ0n) is 16.0. The van der Waals surface area contributed by atoms with E-state index in [1.54, 1.807) is 0 Å². The number of hydrogen-bond acceptors (Lipinski definition) is 4. The third-order valence-electron chi connectivity index (χ3n) is 4.73. The van der Waals surface area contributed by atoms with Crippen molar-refractivity contribution < 1.29 is 4.79 Å². The van der Waals surface area contributed by atoms with Gasteiger partial charge in [0.2, 0.25) is 5.91 Å². The van der Waals surface area contributed by atoms with Crippen molar-refractivity contribution in [2.75, 3.05) is 10.6 Å². The monoisotopic (exact) mass is 399 g/mol. The summed E-state index contributed by atoms with van der Waals surface area (Å²) in [5.74, 6) is -0.0665. The van der Waals surface area contributed by atoms with Crippen molar-refractivity contribution in [2.45, 2.75) is 18.2 Å². The van der Waals surface area contributed by atoms with E-state index in [0.717, 1.165) is 44.0 Å². The molecule has 5 heteroatoms. The fraction of sp³-hybridized carbons (Fsp3) is 0.0833. The molecule has 0 aliphatic rings. The van der Waals surface area contributed by atoms with Crippen LogP contribution in [0, 0.1) is 6.92 Å². The second-order valence-corrected chi connectivity index (χ2v) is 7.38. The Hall–Kier alpha value is -3.31. The molecule has 4 rings (SSSR count). The number of rotatable bonds is 5. The number of anilines is 3. The number of carbonyl (C=O) groups excluding carboxylic acids is 1. The van der Waals surface area contributed by atoms with Crippen LogP contribution in [0.25, 0.3) is 10.9 Å². The highest BCUT2D eigenvalue weighted by Crippen LogP contribution is 2.28. The molecular weight excluding hydrogens is 378 g/mol. The molecule has 0 unspecified atom stereocenters. The van der Waals surface area contributed by atoms with E-state index < -0.39 is 0 Å². The van der Waals surface area contributed by atoms with Crippen LogP contribution in [0.1, 0.15) is 11.1 Å². The van der Waals surface area contributed by atoms with Crippen LogP contribution in [-0.2, 0) is 11.2 Å². The topological polar surface area (TPSA) is 54.0 Å². The lowest BCUT2D eigenvalue weighted by atomic mass is 10.1. The summed E-state index contributed by atoms with van der Waals surface area (Å²) in [5, 5.41) is 7.48. The fourth-order valence-corrected chi connectivity index (χ4v) is 3.43. The molecule has 0 spiro atoms. The van der Waals surface area contributed by atoms with Gasteiger partial charge in [-0.05, 0) is 48.4 Å². The van der Waals surface area contributed by atoms with Crippen LogP contribution in [0.3, 0.4) is 0 Å². The van der Waals surface area contributed by atoms with E-state index in [0.29, 0.717) is 6.42 Å². The first-order chi connectivity index (χ1) is 14.1. The van der Waals surface area contributed by atoms with E-state index in [2.05, 4.69) is 34.3 Å². The zero-order valence-corrected chi connectivity index (χ0v) is 16.9. The molecule has 1 amide bonds. The highest BCUT2D eigenvalue weighted by atomic mass is 32.1. The molecule has 0 aliphatic heterocycles. The zero-order chi connectivity index (χ0) is 20.2. The summed E-state index contributed by atoms with van der Waals surface area (Å²) >= 11 is 4.37. The van der Waals surface area contributed by atoms with Crippen molar-refractivity contribution in [2.24, 2.45) is 0 Å². The number of carbonyl (C=O) groups is 1. The van der Waals surface area contributed by atoms with Gasteiger partial charge in [-0.3, -0.25) is 9.78 Å². The van der Waals surface area contributed by atoms with Crippen molar-refractivity contribution in [3.05, 3.63) is 90.1 Å². The molecule has 4 aromatic rings. The molecule has 0 saturated carbocycles. The summed E-state index contributed by atoms with van der Waals surface area (Å²) in [6.45, 7) is 2.04. The molecule has 1 heterocycles. The van der Waals surface area contributed by atoms with Gasteiger partial charge in [-0.25, -0.2) is 0 Å². The van der Waals surface area contributed by atoms with E-state index in [9.17, 15) is 4.79 Å². The van der Waals surface area contributed by atoms with Gasteiger partial charge in [0.25, 0.3) is 0 Å². The van der Waals surface area contributed by atoms with Crippen molar-refractivity contribution in [3.63, 3.8) is 0 Å². The van der Waals surface area contributed by atoms with Crippen molar-refractivity contribution >= 4 is 46.5 Å². The normalized spacial score (nSPS) is 10.7. The van der Waals surface area contributed by atoms with Gasteiger partial charge in [0.05, 0.1) is 23.3 Å². The van der Waals surface area contributed by atoms with Crippen LogP contribution < -0.4 is 10.6 Å².